The first-order chi connectivity index (χ1) is 6.70. The Hall–Kier alpha value is -1.14. The van der Waals surface area contributed by atoms with E-state index in [-0.39, 0.29) is 25.0 Å². The first kappa shape index (κ1) is 10.9. The zero-order valence-corrected chi connectivity index (χ0v) is 7.78. The van der Waals surface area contributed by atoms with Gasteiger partial charge in [-0.1, -0.05) is 0 Å². The number of hydrogen-bond acceptors (Lipinski definition) is 4. The van der Waals surface area contributed by atoms with Crippen LogP contribution in [0.25, 0.3) is 0 Å². The maximum atomic E-state index is 11.2. The number of amides is 1. The lowest BCUT2D eigenvalue weighted by Crippen LogP contribution is -2.51. The predicted molar refractivity (Wildman–Crippen MR) is 47.8 cm³/mol. The molecule has 0 aromatic heterocycles. The maximum Gasteiger partial charge on any atom is 0.329 e. The molecule has 0 unspecified atom stereocenters. The second kappa shape index (κ2) is 5.56. The van der Waals surface area contributed by atoms with E-state index in [9.17, 15) is 9.59 Å². The number of carbonyl (C=O) groups excluding carboxylic acids is 1. The van der Waals surface area contributed by atoms with Crippen molar-refractivity contribution >= 4 is 11.9 Å². The van der Waals surface area contributed by atoms with Crippen LogP contribution in [0, 0.1) is 5.92 Å². The highest BCUT2D eigenvalue weighted by Crippen LogP contribution is 2.01. The van der Waals surface area contributed by atoms with Gasteiger partial charge < -0.3 is 20.5 Å². The largest absolute Gasteiger partial charge is 0.480 e. The van der Waals surface area contributed by atoms with Gasteiger partial charge in [0.1, 0.15) is 6.61 Å². The lowest BCUT2D eigenvalue weighted by Gasteiger charge is -2.25. The van der Waals surface area contributed by atoms with Gasteiger partial charge in [-0.05, 0) is 0 Å². The highest BCUT2D eigenvalue weighted by Gasteiger charge is 2.23. The molecule has 1 aliphatic heterocycles. The Kier molecular flexibility index (Phi) is 4.34. The minimum atomic E-state index is -1.00. The maximum absolute atomic E-state index is 11.2. The van der Waals surface area contributed by atoms with Gasteiger partial charge in [0.05, 0.1) is 12.5 Å². The van der Waals surface area contributed by atoms with Crippen LogP contribution in [-0.2, 0) is 14.3 Å². The summed E-state index contributed by atoms with van der Waals surface area (Å²) in [4.78, 5) is 21.2. The molecule has 80 valence electrons. The van der Waals surface area contributed by atoms with E-state index >= 15 is 0 Å². The van der Waals surface area contributed by atoms with Crippen LogP contribution in [0.1, 0.15) is 0 Å². The molecule has 0 aromatic carbocycles. The van der Waals surface area contributed by atoms with Crippen molar-refractivity contribution in [1.82, 2.24) is 10.6 Å². The van der Waals surface area contributed by atoms with Crippen LogP contribution >= 0.6 is 0 Å². The van der Waals surface area contributed by atoms with Gasteiger partial charge in [-0.15, -0.1) is 0 Å². The van der Waals surface area contributed by atoms with Gasteiger partial charge in [-0.3, -0.25) is 4.79 Å². The number of carboxylic acid groups (broad SMARTS) is 1. The molecule has 3 N–H and O–H groups in total. The van der Waals surface area contributed by atoms with E-state index in [1.165, 1.54) is 0 Å². The van der Waals surface area contributed by atoms with Crippen LogP contribution in [0.4, 0.5) is 0 Å². The summed E-state index contributed by atoms with van der Waals surface area (Å²) in [6, 6.07) is 0. The van der Waals surface area contributed by atoms with Crippen LogP contribution in [-0.4, -0.2) is 49.8 Å². The smallest absolute Gasteiger partial charge is 0.329 e. The SMILES string of the molecule is O=C(O)COCCNC(=O)C1CNC1. The third-order valence-electron chi connectivity index (χ3n) is 1.92. The highest BCUT2D eigenvalue weighted by molar-refractivity contribution is 5.79. The molecule has 1 heterocycles. The normalized spacial score (nSPS) is 16.0. The van der Waals surface area contributed by atoms with E-state index in [4.69, 9.17) is 9.84 Å². The molecule has 1 rings (SSSR count). The molecule has 1 aliphatic rings. The van der Waals surface area contributed by atoms with Gasteiger partial charge in [-0.25, -0.2) is 4.79 Å². The molecule has 0 aromatic rings. The Morgan fingerprint density at radius 3 is 2.71 bits per heavy atom. The third kappa shape index (κ3) is 3.71. The Balaban J connectivity index is 1.92. The molecule has 0 spiro atoms. The molecule has 1 fully saturated rings. The topological polar surface area (TPSA) is 87.7 Å². The molecule has 0 radical (unpaired) electrons. The van der Waals surface area contributed by atoms with Crippen molar-refractivity contribution in [3.8, 4) is 0 Å². The second-order valence-corrected chi connectivity index (χ2v) is 3.09. The minimum Gasteiger partial charge on any atom is -0.480 e. The molecule has 0 atom stereocenters. The molecule has 1 amide bonds. The van der Waals surface area contributed by atoms with Crippen molar-refractivity contribution in [3.63, 3.8) is 0 Å². The monoisotopic (exact) mass is 202 g/mol. The van der Waals surface area contributed by atoms with Crippen LogP contribution < -0.4 is 10.6 Å². The Labute approximate surface area is 81.6 Å². The summed E-state index contributed by atoms with van der Waals surface area (Å²) < 4.78 is 4.75. The quantitative estimate of drug-likeness (QED) is 0.453. The standard InChI is InChI=1S/C8H14N2O4/c11-7(12)5-14-2-1-10-8(13)6-3-9-4-6/h6,9H,1-5H2,(H,10,13)(H,11,12). The first-order valence-electron chi connectivity index (χ1n) is 4.48. The van der Waals surface area contributed by atoms with Crippen LogP contribution in [0.15, 0.2) is 0 Å². The average Bonchev–Trinajstić information content (AvgIpc) is 1.99. The summed E-state index contributed by atoms with van der Waals surface area (Å²) in [6.45, 7) is 1.73. The van der Waals surface area contributed by atoms with Gasteiger partial charge in [0.15, 0.2) is 0 Å². The van der Waals surface area contributed by atoms with Crippen molar-refractivity contribution in [2.24, 2.45) is 5.92 Å². The summed E-state index contributed by atoms with van der Waals surface area (Å²) in [5.41, 5.74) is 0. The summed E-state index contributed by atoms with van der Waals surface area (Å²) >= 11 is 0. The van der Waals surface area contributed by atoms with Crippen molar-refractivity contribution < 1.29 is 19.4 Å². The number of carbonyl (C=O) groups is 2. The summed E-state index contributed by atoms with van der Waals surface area (Å²) in [5.74, 6) is -0.934. The molecule has 0 saturated carbocycles. The van der Waals surface area contributed by atoms with E-state index in [1.807, 2.05) is 0 Å². The van der Waals surface area contributed by atoms with E-state index in [2.05, 4.69) is 10.6 Å². The van der Waals surface area contributed by atoms with E-state index in [1.54, 1.807) is 0 Å². The number of aliphatic carboxylic acids is 1. The summed E-state index contributed by atoms with van der Waals surface area (Å²) in [5, 5.41) is 13.9. The predicted octanol–water partition coefficient (Wildman–Crippen LogP) is -1.58. The fourth-order valence-electron chi connectivity index (χ4n) is 1.02. The van der Waals surface area contributed by atoms with Gasteiger partial charge in [0.2, 0.25) is 5.91 Å². The molecule has 14 heavy (non-hydrogen) atoms. The number of nitrogens with one attached hydrogen (secondary N) is 2. The van der Waals surface area contributed by atoms with Gasteiger partial charge in [-0.2, -0.15) is 0 Å². The third-order valence-corrected chi connectivity index (χ3v) is 1.92. The first-order valence-corrected chi connectivity index (χ1v) is 4.48. The Bertz CT molecular complexity index is 215. The van der Waals surface area contributed by atoms with Crippen molar-refractivity contribution in [3.05, 3.63) is 0 Å². The summed E-state index contributed by atoms with van der Waals surface area (Å²) in [6.07, 6.45) is 0. The Morgan fingerprint density at radius 1 is 1.50 bits per heavy atom. The number of carboxylic acids is 1. The highest BCUT2D eigenvalue weighted by atomic mass is 16.5. The van der Waals surface area contributed by atoms with Crippen LogP contribution in [0.3, 0.4) is 0 Å². The van der Waals surface area contributed by atoms with E-state index in [0.29, 0.717) is 6.54 Å². The molecule has 1 saturated heterocycles. The molecule has 6 nitrogen and oxygen atoms in total. The fourth-order valence-corrected chi connectivity index (χ4v) is 1.02. The second-order valence-electron chi connectivity index (χ2n) is 3.09. The lowest BCUT2D eigenvalue weighted by molar-refractivity contribution is -0.142. The number of rotatable bonds is 6. The number of ether oxygens (including phenoxy) is 1. The van der Waals surface area contributed by atoms with E-state index in [0.717, 1.165) is 13.1 Å². The lowest BCUT2D eigenvalue weighted by atomic mass is 10.0. The van der Waals surface area contributed by atoms with E-state index < -0.39 is 5.97 Å². The van der Waals surface area contributed by atoms with Gasteiger partial charge in [0.25, 0.3) is 0 Å². The molecule has 0 bridgehead atoms. The van der Waals surface area contributed by atoms with Crippen LogP contribution in [0.2, 0.25) is 0 Å². The zero-order valence-electron chi connectivity index (χ0n) is 7.78. The van der Waals surface area contributed by atoms with Crippen LogP contribution in [0.5, 0.6) is 0 Å². The van der Waals surface area contributed by atoms with Gasteiger partial charge in [0, 0.05) is 19.6 Å². The van der Waals surface area contributed by atoms with Crippen molar-refractivity contribution in [1.29, 1.82) is 0 Å². The average molecular weight is 202 g/mol. The number of hydrogen-bond donors (Lipinski definition) is 3. The zero-order chi connectivity index (χ0) is 10.4. The van der Waals surface area contributed by atoms with Crippen molar-refractivity contribution in [2.75, 3.05) is 32.8 Å². The van der Waals surface area contributed by atoms with Gasteiger partial charge >= 0.3 is 5.97 Å². The molecule has 0 aliphatic carbocycles. The molecular formula is C8H14N2O4. The fraction of sp³-hybridized carbons (Fsp3) is 0.750. The molecular weight excluding hydrogens is 188 g/mol. The minimum absolute atomic E-state index is 0.00248. The Morgan fingerprint density at radius 2 is 2.21 bits per heavy atom. The van der Waals surface area contributed by atoms with Crippen molar-refractivity contribution in [2.45, 2.75) is 0 Å². The summed E-state index contributed by atoms with van der Waals surface area (Å²) in [7, 11) is 0. The molecule has 6 heteroatoms.